The molecule has 1 aliphatic carbocycles. The van der Waals surface area contributed by atoms with Gasteiger partial charge in [-0.25, -0.2) is 4.98 Å². The average molecular weight is 270 g/mol. The van der Waals surface area contributed by atoms with Crippen molar-refractivity contribution in [3.8, 4) is 6.07 Å². The van der Waals surface area contributed by atoms with Crippen LogP contribution >= 0.6 is 0 Å². The molecule has 1 atom stereocenters. The van der Waals surface area contributed by atoms with Gasteiger partial charge in [-0.15, -0.1) is 0 Å². The van der Waals surface area contributed by atoms with Gasteiger partial charge in [0.05, 0.1) is 5.56 Å². The van der Waals surface area contributed by atoms with Crippen LogP contribution in [0, 0.1) is 11.3 Å². The molecule has 1 aromatic rings. The Kier molecular flexibility index (Phi) is 3.55. The Bertz CT molecular complexity index is 576. The SMILES string of the molecule is N#Cc1cc2c(nc1NC1CCCNC1=O)CCCC2. The van der Waals surface area contributed by atoms with E-state index in [9.17, 15) is 10.1 Å². The van der Waals surface area contributed by atoms with Gasteiger partial charge in [-0.2, -0.15) is 5.26 Å². The molecule has 3 rings (SSSR count). The molecule has 1 saturated heterocycles. The van der Waals surface area contributed by atoms with Gasteiger partial charge in [0.2, 0.25) is 5.91 Å². The molecule has 0 spiro atoms. The van der Waals surface area contributed by atoms with E-state index in [0.29, 0.717) is 11.4 Å². The molecule has 2 aliphatic rings. The lowest BCUT2D eigenvalue weighted by molar-refractivity contribution is -0.123. The maximum atomic E-state index is 11.8. The first-order chi connectivity index (χ1) is 9.78. The number of amides is 1. The van der Waals surface area contributed by atoms with Crippen molar-refractivity contribution in [3.63, 3.8) is 0 Å². The van der Waals surface area contributed by atoms with Crippen molar-refractivity contribution in [1.29, 1.82) is 5.26 Å². The largest absolute Gasteiger partial charge is 0.357 e. The van der Waals surface area contributed by atoms with Gasteiger partial charge >= 0.3 is 0 Å². The van der Waals surface area contributed by atoms with Gasteiger partial charge < -0.3 is 10.6 Å². The molecule has 5 heteroatoms. The maximum Gasteiger partial charge on any atom is 0.242 e. The first-order valence-corrected chi connectivity index (χ1v) is 7.25. The molecule has 20 heavy (non-hydrogen) atoms. The molecule has 1 amide bonds. The molecule has 0 bridgehead atoms. The Morgan fingerprint density at radius 2 is 2.20 bits per heavy atom. The van der Waals surface area contributed by atoms with Crippen LogP contribution in [0.3, 0.4) is 0 Å². The summed E-state index contributed by atoms with van der Waals surface area (Å²) in [6, 6.07) is 3.86. The number of nitrogens with zero attached hydrogens (tertiary/aromatic N) is 2. The maximum absolute atomic E-state index is 11.8. The number of fused-ring (bicyclic) bond motifs is 1. The Morgan fingerprint density at radius 1 is 1.35 bits per heavy atom. The van der Waals surface area contributed by atoms with E-state index >= 15 is 0 Å². The highest BCUT2D eigenvalue weighted by atomic mass is 16.2. The zero-order chi connectivity index (χ0) is 13.9. The van der Waals surface area contributed by atoms with E-state index < -0.39 is 0 Å². The number of pyridine rings is 1. The molecule has 104 valence electrons. The van der Waals surface area contributed by atoms with E-state index in [0.717, 1.165) is 50.8 Å². The molecule has 1 fully saturated rings. The highest BCUT2D eigenvalue weighted by Gasteiger charge is 2.24. The van der Waals surface area contributed by atoms with Crippen LogP contribution in [-0.4, -0.2) is 23.5 Å². The second-order valence-corrected chi connectivity index (χ2v) is 5.44. The molecular formula is C15H18N4O. The fraction of sp³-hybridized carbons (Fsp3) is 0.533. The second-order valence-electron chi connectivity index (χ2n) is 5.44. The average Bonchev–Trinajstić information content (AvgIpc) is 2.49. The normalized spacial score (nSPS) is 21.6. The monoisotopic (exact) mass is 270 g/mol. The minimum absolute atomic E-state index is 0.000314. The van der Waals surface area contributed by atoms with E-state index in [1.54, 1.807) is 0 Å². The lowest BCUT2D eigenvalue weighted by Gasteiger charge is -2.24. The van der Waals surface area contributed by atoms with Gasteiger partial charge in [-0.3, -0.25) is 4.79 Å². The number of carbonyl (C=O) groups excluding carboxylic acids is 1. The van der Waals surface area contributed by atoms with Crippen molar-refractivity contribution in [2.24, 2.45) is 0 Å². The van der Waals surface area contributed by atoms with Crippen molar-refractivity contribution in [2.45, 2.75) is 44.6 Å². The van der Waals surface area contributed by atoms with Crippen LogP contribution in [0.2, 0.25) is 0 Å². The van der Waals surface area contributed by atoms with Crippen LogP contribution in [0.25, 0.3) is 0 Å². The molecule has 2 heterocycles. The molecule has 0 saturated carbocycles. The standard InChI is InChI=1S/C15H18N4O/c16-9-11-8-10-4-1-2-5-12(10)18-14(11)19-13-6-3-7-17-15(13)20/h8,13H,1-7H2,(H,17,20)(H,18,19). The fourth-order valence-electron chi connectivity index (χ4n) is 2.90. The zero-order valence-corrected chi connectivity index (χ0v) is 11.4. The summed E-state index contributed by atoms with van der Waals surface area (Å²) in [6.07, 6.45) is 6.02. The Labute approximate surface area is 118 Å². The van der Waals surface area contributed by atoms with Crippen molar-refractivity contribution >= 4 is 11.7 Å². The van der Waals surface area contributed by atoms with Crippen LogP contribution < -0.4 is 10.6 Å². The molecular weight excluding hydrogens is 252 g/mol. The number of piperidine rings is 1. The minimum Gasteiger partial charge on any atom is -0.357 e. The third kappa shape index (κ3) is 2.46. The molecule has 1 aliphatic heterocycles. The number of nitriles is 1. The van der Waals surface area contributed by atoms with E-state index in [4.69, 9.17) is 0 Å². The predicted octanol–water partition coefficient (Wildman–Crippen LogP) is 1.52. The van der Waals surface area contributed by atoms with Crippen molar-refractivity contribution in [2.75, 3.05) is 11.9 Å². The van der Waals surface area contributed by atoms with Gasteiger partial charge in [0.25, 0.3) is 0 Å². The summed E-state index contributed by atoms with van der Waals surface area (Å²) >= 11 is 0. The van der Waals surface area contributed by atoms with Crippen LogP contribution in [0.4, 0.5) is 5.82 Å². The van der Waals surface area contributed by atoms with Gasteiger partial charge in [0, 0.05) is 12.2 Å². The smallest absolute Gasteiger partial charge is 0.242 e. The fourth-order valence-corrected chi connectivity index (χ4v) is 2.90. The first kappa shape index (κ1) is 12.9. The van der Waals surface area contributed by atoms with Gasteiger partial charge in [0.1, 0.15) is 17.9 Å². The van der Waals surface area contributed by atoms with Gasteiger partial charge in [-0.1, -0.05) is 0 Å². The highest BCUT2D eigenvalue weighted by molar-refractivity contribution is 5.85. The summed E-state index contributed by atoms with van der Waals surface area (Å²) in [5.41, 5.74) is 2.81. The highest BCUT2D eigenvalue weighted by Crippen LogP contribution is 2.25. The predicted molar refractivity (Wildman–Crippen MR) is 75.2 cm³/mol. The van der Waals surface area contributed by atoms with E-state index in [1.807, 2.05) is 6.07 Å². The summed E-state index contributed by atoms with van der Waals surface area (Å²) in [4.78, 5) is 16.4. The number of carbonyl (C=O) groups is 1. The van der Waals surface area contributed by atoms with E-state index in [-0.39, 0.29) is 11.9 Å². The number of hydrogen-bond acceptors (Lipinski definition) is 4. The molecule has 2 N–H and O–H groups in total. The summed E-state index contributed by atoms with van der Waals surface area (Å²) in [7, 11) is 0. The van der Waals surface area contributed by atoms with Crippen LogP contribution in [0.5, 0.6) is 0 Å². The first-order valence-electron chi connectivity index (χ1n) is 7.25. The summed E-state index contributed by atoms with van der Waals surface area (Å²) < 4.78 is 0. The molecule has 5 nitrogen and oxygen atoms in total. The molecule has 1 unspecified atom stereocenters. The lowest BCUT2D eigenvalue weighted by atomic mass is 9.95. The number of rotatable bonds is 2. The van der Waals surface area contributed by atoms with Crippen LogP contribution in [-0.2, 0) is 17.6 Å². The number of aromatic nitrogens is 1. The van der Waals surface area contributed by atoms with Crippen molar-refractivity contribution in [3.05, 3.63) is 22.9 Å². The Hall–Kier alpha value is -2.09. The third-order valence-electron chi connectivity index (χ3n) is 4.02. The molecule has 1 aromatic heterocycles. The van der Waals surface area contributed by atoms with E-state index in [2.05, 4.69) is 21.7 Å². The van der Waals surface area contributed by atoms with Gasteiger partial charge in [0.15, 0.2) is 0 Å². The van der Waals surface area contributed by atoms with Crippen molar-refractivity contribution < 1.29 is 4.79 Å². The minimum atomic E-state index is -0.273. The lowest BCUT2D eigenvalue weighted by Crippen LogP contribution is -2.44. The zero-order valence-electron chi connectivity index (χ0n) is 11.4. The van der Waals surface area contributed by atoms with Gasteiger partial charge in [-0.05, 0) is 50.2 Å². The number of aryl methyl sites for hydroxylation is 2. The molecule has 0 aromatic carbocycles. The summed E-state index contributed by atoms with van der Waals surface area (Å²) in [5.74, 6) is 0.565. The summed E-state index contributed by atoms with van der Waals surface area (Å²) in [5, 5.41) is 15.3. The van der Waals surface area contributed by atoms with Crippen LogP contribution in [0.15, 0.2) is 6.07 Å². The van der Waals surface area contributed by atoms with Crippen molar-refractivity contribution in [1.82, 2.24) is 10.3 Å². The van der Waals surface area contributed by atoms with Crippen LogP contribution in [0.1, 0.15) is 42.5 Å². The number of nitrogens with one attached hydrogen (secondary N) is 2. The van der Waals surface area contributed by atoms with E-state index in [1.165, 1.54) is 5.56 Å². The second kappa shape index (κ2) is 5.49. The number of hydrogen-bond donors (Lipinski definition) is 2. The summed E-state index contributed by atoms with van der Waals surface area (Å²) in [6.45, 7) is 0.736. The third-order valence-corrected chi connectivity index (χ3v) is 4.02. The Balaban J connectivity index is 1.88. The molecule has 0 radical (unpaired) electrons. The topological polar surface area (TPSA) is 77.8 Å². The number of anilines is 1. The quantitative estimate of drug-likeness (QED) is 0.854. The Morgan fingerprint density at radius 3 is 3.00 bits per heavy atom.